The molecular formula is C15H28N4O. The summed E-state index contributed by atoms with van der Waals surface area (Å²) in [4.78, 5) is 4.45. The summed E-state index contributed by atoms with van der Waals surface area (Å²) in [5.74, 6) is 1.10. The Bertz CT molecular complexity index is 416. The molecule has 20 heavy (non-hydrogen) atoms. The summed E-state index contributed by atoms with van der Waals surface area (Å²) in [5.41, 5.74) is 0.384. The van der Waals surface area contributed by atoms with Crippen molar-refractivity contribution in [3.05, 3.63) is 12.2 Å². The molecule has 1 aliphatic heterocycles. The van der Waals surface area contributed by atoms with E-state index in [2.05, 4.69) is 43.1 Å². The van der Waals surface area contributed by atoms with E-state index in [1.165, 1.54) is 0 Å². The summed E-state index contributed by atoms with van der Waals surface area (Å²) in [6, 6.07) is 0. The SMILES string of the molecule is CCn1ncnc1CC1(CNC(C)(C)C)CCOCC1. The summed E-state index contributed by atoms with van der Waals surface area (Å²) >= 11 is 0. The third kappa shape index (κ3) is 4.03. The normalized spacial score (nSPS) is 19.2. The number of ether oxygens (including phenoxy) is 1. The zero-order chi connectivity index (χ0) is 14.6. The van der Waals surface area contributed by atoms with E-state index in [0.29, 0.717) is 0 Å². The van der Waals surface area contributed by atoms with Gasteiger partial charge in [-0.25, -0.2) is 4.98 Å². The first-order valence-electron chi connectivity index (χ1n) is 7.64. The van der Waals surface area contributed by atoms with Crippen LogP contribution in [0.25, 0.3) is 0 Å². The lowest BCUT2D eigenvalue weighted by molar-refractivity contribution is 0.0107. The van der Waals surface area contributed by atoms with Gasteiger partial charge in [0.15, 0.2) is 0 Å². The third-order valence-corrected chi connectivity index (χ3v) is 4.08. The van der Waals surface area contributed by atoms with E-state index >= 15 is 0 Å². The molecule has 0 atom stereocenters. The van der Waals surface area contributed by atoms with Crippen molar-refractivity contribution in [2.24, 2.45) is 5.41 Å². The number of rotatable bonds is 5. The van der Waals surface area contributed by atoms with Crippen LogP contribution >= 0.6 is 0 Å². The van der Waals surface area contributed by atoms with Crippen LogP contribution in [-0.2, 0) is 17.7 Å². The molecule has 2 rings (SSSR count). The number of hydrogen-bond donors (Lipinski definition) is 1. The van der Waals surface area contributed by atoms with Crippen molar-refractivity contribution in [3.63, 3.8) is 0 Å². The Balaban J connectivity index is 2.10. The van der Waals surface area contributed by atoms with Crippen LogP contribution in [0.4, 0.5) is 0 Å². The molecule has 0 bridgehead atoms. The van der Waals surface area contributed by atoms with Gasteiger partial charge in [-0.1, -0.05) is 0 Å². The molecule has 0 aliphatic carbocycles. The fourth-order valence-corrected chi connectivity index (χ4v) is 2.70. The Morgan fingerprint density at radius 3 is 2.65 bits per heavy atom. The van der Waals surface area contributed by atoms with Crippen LogP contribution in [0, 0.1) is 5.41 Å². The second kappa shape index (κ2) is 6.22. The molecule has 0 radical (unpaired) electrons. The van der Waals surface area contributed by atoms with Crippen molar-refractivity contribution in [3.8, 4) is 0 Å². The van der Waals surface area contributed by atoms with Crippen LogP contribution in [0.3, 0.4) is 0 Å². The first kappa shape index (κ1) is 15.4. The largest absolute Gasteiger partial charge is 0.381 e. The summed E-state index contributed by atoms with van der Waals surface area (Å²) in [7, 11) is 0. The monoisotopic (exact) mass is 280 g/mol. The van der Waals surface area contributed by atoms with E-state index < -0.39 is 0 Å². The van der Waals surface area contributed by atoms with E-state index in [-0.39, 0.29) is 11.0 Å². The van der Waals surface area contributed by atoms with Crippen molar-refractivity contribution in [2.45, 2.75) is 59.0 Å². The molecule has 0 saturated carbocycles. The number of nitrogens with one attached hydrogen (secondary N) is 1. The van der Waals surface area contributed by atoms with Gasteiger partial charge in [0, 0.05) is 38.3 Å². The van der Waals surface area contributed by atoms with Gasteiger partial charge in [-0.2, -0.15) is 5.10 Å². The minimum atomic E-state index is 0.143. The molecular weight excluding hydrogens is 252 g/mol. The minimum Gasteiger partial charge on any atom is -0.381 e. The quantitative estimate of drug-likeness (QED) is 0.896. The van der Waals surface area contributed by atoms with Crippen LogP contribution in [0.2, 0.25) is 0 Å². The lowest BCUT2D eigenvalue weighted by Crippen LogP contribution is -2.47. The van der Waals surface area contributed by atoms with Crippen molar-refractivity contribution in [1.29, 1.82) is 0 Å². The highest BCUT2D eigenvalue weighted by molar-refractivity contribution is 4.97. The minimum absolute atomic E-state index is 0.143. The van der Waals surface area contributed by atoms with E-state index in [1.54, 1.807) is 6.33 Å². The van der Waals surface area contributed by atoms with Gasteiger partial charge < -0.3 is 10.1 Å². The first-order chi connectivity index (χ1) is 9.44. The van der Waals surface area contributed by atoms with Gasteiger partial charge in [0.2, 0.25) is 0 Å². The van der Waals surface area contributed by atoms with E-state index in [0.717, 1.165) is 51.4 Å². The topological polar surface area (TPSA) is 52.0 Å². The van der Waals surface area contributed by atoms with Crippen LogP contribution in [-0.4, -0.2) is 40.1 Å². The molecule has 1 fully saturated rings. The van der Waals surface area contributed by atoms with Crippen LogP contribution in [0.5, 0.6) is 0 Å². The zero-order valence-corrected chi connectivity index (χ0v) is 13.3. The lowest BCUT2D eigenvalue weighted by Gasteiger charge is -2.39. The molecule has 1 aromatic heterocycles. The van der Waals surface area contributed by atoms with E-state index in [9.17, 15) is 0 Å². The molecule has 1 N–H and O–H groups in total. The third-order valence-electron chi connectivity index (χ3n) is 4.08. The molecule has 0 amide bonds. The second-order valence-corrected chi connectivity index (χ2v) is 6.88. The summed E-state index contributed by atoms with van der Waals surface area (Å²) in [6.45, 7) is 12.4. The molecule has 5 heteroatoms. The fraction of sp³-hybridized carbons (Fsp3) is 0.867. The van der Waals surface area contributed by atoms with Gasteiger partial charge in [-0.3, -0.25) is 4.68 Å². The maximum atomic E-state index is 5.56. The molecule has 0 spiro atoms. The molecule has 1 saturated heterocycles. The number of aromatic nitrogens is 3. The Labute approximate surface area is 122 Å². The van der Waals surface area contributed by atoms with Gasteiger partial charge in [0.25, 0.3) is 0 Å². The maximum Gasteiger partial charge on any atom is 0.138 e. The Kier molecular flexibility index (Phi) is 4.81. The van der Waals surface area contributed by atoms with E-state index in [1.807, 2.05) is 4.68 Å². The van der Waals surface area contributed by atoms with Crippen LogP contribution in [0.15, 0.2) is 6.33 Å². The second-order valence-electron chi connectivity index (χ2n) is 6.88. The molecule has 1 aliphatic rings. The smallest absolute Gasteiger partial charge is 0.138 e. The van der Waals surface area contributed by atoms with Gasteiger partial charge in [0.05, 0.1) is 0 Å². The molecule has 0 unspecified atom stereocenters. The molecule has 0 aromatic carbocycles. The lowest BCUT2D eigenvalue weighted by atomic mass is 9.76. The average Bonchev–Trinajstić information content (AvgIpc) is 2.84. The van der Waals surface area contributed by atoms with Crippen molar-refractivity contribution in [1.82, 2.24) is 20.1 Å². The van der Waals surface area contributed by atoms with Gasteiger partial charge in [0.1, 0.15) is 12.2 Å². The highest BCUT2D eigenvalue weighted by Crippen LogP contribution is 2.33. The van der Waals surface area contributed by atoms with E-state index in [4.69, 9.17) is 4.74 Å². The number of aryl methyl sites for hydroxylation is 1. The number of nitrogens with zero attached hydrogens (tertiary/aromatic N) is 3. The van der Waals surface area contributed by atoms with Crippen molar-refractivity contribution >= 4 is 0 Å². The zero-order valence-electron chi connectivity index (χ0n) is 13.3. The number of hydrogen-bond acceptors (Lipinski definition) is 4. The fourth-order valence-electron chi connectivity index (χ4n) is 2.70. The summed E-state index contributed by atoms with van der Waals surface area (Å²) in [6.07, 6.45) is 4.83. The molecule has 2 heterocycles. The van der Waals surface area contributed by atoms with Gasteiger partial charge in [-0.05, 0) is 46.0 Å². The van der Waals surface area contributed by atoms with Crippen molar-refractivity contribution in [2.75, 3.05) is 19.8 Å². The van der Waals surface area contributed by atoms with Crippen molar-refractivity contribution < 1.29 is 4.74 Å². The molecule has 1 aromatic rings. The Morgan fingerprint density at radius 2 is 2.05 bits per heavy atom. The first-order valence-corrected chi connectivity index (χ1v) is 7.64. The predicted molar refractivity (Wildman–Crippen MR) is 79.6 cm³/mol. The highest BCUT2D eigenvalue weighted by Gasteiger charge is 2.35. The predicted octanol–water partition coefficient (Wildman–Crippen LogP) is 2.03. The Hall–Kier alpha value is -0.940. The molecule has 5 nitrogen and oxygen atoms in total. The summed E-state index contributed by atoms with van der Waals surface area (Å²) in [5, 5.41) is 7.96. The van der Waals surface area contributed by atoms with Gasteiger partial charge in [-0.15, -0.1) is 0 Å². The van der Waals surface area contributed by atoms with Crippen LogP contribution in [0.1, 0.15) is 46.4 Å². The summed E-state index contributed by atoms with van der Waals surface area (Å²) < 4.78 is 7.57. The standard InChI is InChI=1S/C15H28N4O/c1-5-19-13(16-12-18-19)10-15(6-8-20-9-7-15)11-17-14(2,3)4/h12,17H,5-11H2,1-4H3. The highest BCUT2D eigenvalue weighted by atomic mass is 16.5. The maximum absolute atomic E-state index is 5.56. The van der Waals surface area contributed by atoms with Crippen LogP contribution < -0.4 is 5.32 Å². The average molecular weight is 280 g/mol. The molecule has 114 valence electrons. The van der Waals surface area contributed by atoms with Gasteiger partial charge >= 0.3 is 0 Å². The Morgan fingerprint density at radius 1 is 1.35 bits per heavy atom.